The highest BCUT2D eigenvalue weighted by atomic mass is 16.5. The average molecular weight is 282 g/mol. The summed E-state index contributed by atoms with van der Waals surface area (Å²) in [6.45, 7) is 6.01. The third-order valence-corrected chi connectivity index (χ3v) is 3.88. The van der Waals surface area contributed by atoms with Gasteiger partial charge in [-0.3, -0.25) is 4.79 Å². The van der Waals surface area contributed by atoms with Crippen LogP contribution in [0.1, 0.15) is 46.3 Å². The van der Waals surface area contributed by atoms with Gasteiger partial charge in [-0.2, -0.15) is 0 Å². The molecule has 0 saturated carbocycles. The number of hydrogen-bond acceptors (Lipinski definition) is 2. The summed E-state index contributed by atoms with van der Waals surface area (Å²) in [4.78, 5) is 12.8. The number of ketones is 1. The van der Waals surface area contributed by atoms with Crippen LogP contribution in [0.4, 0.5) is 0 Å². The summed E-state index contributed by atoms with van der Waals surface area (Å²) in [5.74, 6) is 0.954. The van der Waals surface area contributed by atoms with Crippen LogP contribution in [0, 0.1) is 13.8 Å². The molecular formula is C19H22O2. The molecule has 0 spiro atoms. The fourth-order valence-electron chi connectivity index (χ4n) is 2.87. The summed E-state index contributed by atoms with van der Waals surface area (Å²) >= 11 is 0. The molecule has 2 rings (SSSR count). The van der Waals surface area contributed by atoms with E-state index in [1.54, 1.807) is 7.11 Å². The van der Waals surface area contributed by atoms with Crippen LogP contribution in [0.5, 0.6) is 5.75 Å². The van der Waals surface area contributed by atoms with Gasteiger partial charge in [0.2, 0.25) is 0 Å². The fraction of sp³-hybridized carbons (Fsp3) is 0.316. The van der Waals surface area contributed by atoms with Gasteiger partial charge in [0, 0.05) is 11.5 Å². The van der Waals surface area contributed by atoms with Crippen molar-refractivity contribution in [3.63, 3.8) is 0 Å². The summed E-state index contributed by atoms with van der Waals surface area (Å²) in [6, 6.07) is 13.8. The molecule has 0 aliphatic rings. The van der Waals surface area contributed by atoms with Gasteiger partial charge in [-0.05, 0) is 49.1 Å². The zero-order valence-electron chi connectivity index (χ0n) is 13.1. The second-order valence-electron chi connectivity index (χ2n) is 5.38. The lowest BCUT2D eigenvalue weighted by atomic mass is 9.87. The Morgan fingerprint density at radius 3 is 2.14 bits per heavy atom. The van der Waals surface area contributed by atoms with Gasteiger partial charge in [-0.1, -0.05) is 37.3 Å². The minimum atomic E-state index is -0.0848. The summed E-state index contributed by atoms with van der Waals surface area (Å²) in [6.07, 6.45) is 0.799. The monoisotopic (exact) mass is 282 g/mol. The van der Waals surface area contributed by atoms with Crippen molar-refractivity contribution in [3.05, 3.63) is 64.7 Å². The third kappa shape index (κ3) is 3.15. The van der Waals surface area contributed by atoms with E-state index in [-0.39, 0.29) is 11.7 Å². The van der Waals surface area contributed by atoms with Crippen LogP contribution in [-0.2, 0) is 0 Å². The predicted molar refractivity (Wildman–Crippen MR) is 86.3 cm³/mol. The first kappa shape index (κ1) is 15.3. The van der Waals surface area contributed by atoms with Gasteiger partial charge in [0.25, 0.3) is 0 Å². The van der Waals surface area contributed by atoms with Crippen molar-refractivity contribution in [3.8, 4) is 5.75 Å². The Balaban J connectivity index is 2.39. The molecule has 21 heavy (non-hydrogen) atoms. The highest BCUT2D eigenvalue weighted by molar-refractivity contribution is 6.01. The Labute approximate surface area is 126 Å². The Morgan fingerprint density at radius 2 is 1.67 bits per heavy atom. The molecule has 1 atom stereocenters. The lowest BCUT2D eigenvalue weighted by Gasteiger charge is -2.16. The molecule has 1 unspecified atom stereocenters. The van der Waals surface area contributed by atoms with Gasteiger partial charge in [-0.25, -0.2) is 0 Å². The third-order valence-electron chi connectivity index (χ3n) is 3.88. The predicted octanol–water partition coefficient (Wildman–Crippen LogP) is 4.69. The minimum absolute atomic E-state index is 0.0848. The maximum absolute atomic E-state index is 12.8. The molecule has 0 N–H and O–H groups in total. The highest BCUT2D eigenvalue weighted by Gasteiger charge is 2.21. The van der Waals surface area contributed by atoms with Gasteiger partial charge >= 0.3 is 0 Å². The number of ether oxygens (including phenoxy) is 1. The van der Waals surface area contributed by atoms with Gasteiger partial charge in [-0.15, -0.1) is 0 Å². The SMILES string of the molecule is CCC(C(=O)c1cc(C)c(OC)c(C)c1)c1ccccc1. The average Bonchev–Trinajstić information content (AvgIpc) is 2.48. The summed E-state index contributed by atoms with van der Waals surface area (Å²) in [7, 11) is 1.66. The molecule has 0 heterocycles. The van der Waals surface area contributed by atoms with E-state index < -0.39 is 0 Å². The van der Waals surface area contributed by atoms with Crippen LogP contribution < -0.4 is 4.74 Å². The summed E-state index contributed by atoms with van der Waals surface area (Å²) in [5.41, 5.74) is 3.85. The molecule has 0 aliphatic carbocycles. The zero-order valence-corrected chi connectivity index (χ0v) is 13.1. The summed E-state index contributed by atoms with van der Waals surface area (Å²) < 4.78 is 5.37. The van der Waals surface area contributed by atoms with Gasteiger partial charge < -0.3 is 4.74 Å². The maximum Gasteiger partial charge on any atom is 0.170 e. The molecule has 0 bridgehead atoms. The van der Waals surface area contributed by atoms with E-state index in [4.69, 9.17) is 4.74 Å². The molecule has 2 heteroatoms. The van der Waals surface area contributed by atoms with Crippen molar-refractivity contribution in [1.29, 1.82) is 0 Å². The molecule has 0 fully saturated rings. The number of Topliss-reactive ketones (excluding diaryl/α,β-unsaturated/α-hetero) is 1. The van der Waals surface area contributed by atoms with Crippen molar-refractivity contribution in [2.45, 2.75) is 33.1 Å². The smallest absolute Gasteiger partial charge is 0.170 e. The number of aryl methyl sites for hydroxylation is 2. The van der Waals surface area contributed by atoms with Crippen LogP contribution in [0.2, 0.25) is 0 Å². The fourth-order valence-corrected chi connectivity index (χ4v) is 2.87. The van der Waals surface area contributed by atoms with Crippen LogP contribution in [0.3, 0.4) is 0 Å². The second kappa shape index (κ2) is 6.57. The van der Waals surface area contributed by atoms with E-state index in [1.807, 2.05) is 56.3 Å². The van der Waals surface area contributed by atoms with Crippen molar-refractivity contribution >= 4 is 5.78 Å². The molecule has 0 aliphatic heterocycles. The van der Waals surface area contributed by atoms with Crippen molar-refractivity contribution in [2.24, 2.45) is 0 Å². The molecule has 0 aromatic heterocycles. The van der Waals surface area contributed by atoms with E-state index in [1.165, 1.54) is 0 Å². The first-order valence-electron chi connectivity index (χ1n) is 7.32. The van der Waals surface area contributed by atoms with E-state index in [0.29, 0.717) is 0 Å². The standard InChI is InChI=1S/C19H22O2/c1-5-17(15-9-7-6-8-10-15)18(20)16-11-13(2)19(21-4)14(3)12-16/h6-12,17H,5H2,1-4H3. The minimum Gasteiger partial charge on any atom is -0.496 e. The van der Waals surface area contributed by atoms with Gasteiger partial charge in [0.1, 0.15) is 5.75 Å². The highest BCUT2D eigenvalue weighted by Crippen LogP contribution is 2.29. The van der Waals surface area contributed by atoms with Crippen molar-refractivity contribution < 1.29 is 9.53 Å². The zero-order chi connectivity index (χ0) is 15.4. The van der Waals surface area contributed by atoms with Crippen LogP contribution >= 0.6 is 0 Å². The van der Waals surface area contributed by atoms with E-state index in [9.17, 15) is 4.79 Å². The lowest BCUT2D eigenvalue weighted by molar-refractivity contribution is 0.0957. The van der Waals surface area contributed by atoms with E-state index in [2.05, 4.69) is 6.92 Å². The number of carbonyl (C=O) groups is 1. The Kier molecular flexibility index (Phi) is 4.79. The second-order valence-corrected chi connectivity index (χ2v) is 5.38. The number of rotatable bonds is 5. The first-order valence-corrected chi connectivity index (χ1v) is 7.32. The molecule has 0 amide bonds. The molecule has 110 valence electrons. The van der Waals surface area contributed by atoms with Crippen LogP contribution in [-0.4, -0.2) is 12.9 Å². The van der Waals surface area contributed by atoms with E-state index >= 15 is 0 Å². The first-order chi connectivity index (χ1) is 10.1. The van der Waals surface area contributed by atoms with Crippen molar-refractivity contribution in [1.82, 2.24) is 0 Å². The molecule has 0 saturated heterocycles. The van der Waals surface area contributed by atoms with E-state index in [0.717, 1.165) is 34.4 Å². The normalized spacial score (nSPS) is 12.0. The molecule has 2 aromatic rings. The largest absolute Gasteiger partial charge is 0.496 e. The Morgan fingerprint density at radius 1 is 1.10 bits per heavy atom. The van der Waals surface area contributed by atoms with Gasteiger partial charge in [0.05, 0.1) is 7.11 Å². The number of methoxy groups -OCH3 is 1. The molecular weight excluding hydrogens is 260 g/mol. The molecule has 0 radical (unpaired) electrons. The molecule has 2 nitrogen and oxygen atoms in total. The van der Waals surface area contributed by atoms with Gasteiger partial charge in [0.15, 0.2) is 5.78 Å². The quantitative estimate of drug-likeness (QED) is 0.744. The Bertz CT molecular complexity index is 606. The topological polar surface area (TPSA) is 26.3 Å². The Hall–Kier alpha value is -2.09. The number of benzene rings is 2. The molecule has 2 aromatic carbocycles. The summed E-state index contributed by atoms with van der Waals surface area (Å²) in [5, 5.41) is 0. The maximum atomic E-state index is 12.8. The van der Waals surface area contributed by atoms with Crippen molar-refractivity contribution in [2.75, 3.05) is 7.11 Å². The number of carbonyl (C=O) groups excluding carboxylic acids is 1. The number of hydrogen-bond donors (Lipinski definition) is 0. The van der Waals surface area contributed by atoms with Crippen LogP contribution in [0.25, 0.3) is 0 Å². The lowest BCUT2D eigenvalue weighted by Crippen LogP contribution is -2.13. The van der Waals surface area contributed by atoms with Crippen LogP contribution in [0.15, 0.2) is 42.5 Å².